The smallest absolute Gasteiger partial charge is 0.257 e. The Hall–Kier alpha value is -1.83. The van der Waals surface area contributed by atoms with Gasteiger partial charge in [0.05, 0.1) is 10.6 Å². The summed E-state index contributed by atoms with van der Waals surface area (Å²) in [4.78, 5) is 12.4. The fourth-order valence-electron chi connectivity index (χ4n) is 2.24. The van der Waals surface area contributed by atoms with Crippen LogP contribution in [0.3, 0.4) is 0 Å². The molecule has 2 N–H and O–H groups in total. The van der Waals surface area contributed by atoms with Gasteiger partial charge in [-0.3, -0.25) is 4.79 Å². The molecule has 0 aliphatic carbocycles. The number of amides is 1. The highest BCUT2D eigenvalue weighted by molar-refractivity contribution is 14.1. The van der Waals surface area contributed by atoms with Gasteiger partial charge >= 0.3 is 0 Å². The molecule has 0 bridgehead atoms. The molecule has 0 saturated heterocycles. The van der Waals surface area contributed by atoms with Gasteiger partial charge in [0, 0.05) is 14.8 Å². The fraction of sp³-hybridized carbons (Fsp3) is 0.0556. The lowest BCUT2D eigenvalue weighted by Gasteiger charge is -2.08. The van der Waals surface area contributed by atoms with E-state index >= 15 is 0 Å². The van der Waals surface area contributed by atoms with Crippen LogP contribution >= 0.6 is 34.2 Å². The van der Waals surface area contributed by atoms with E-state index in [1.54, 1.807) is 36.4 Å². The van der Waals surface area contributed by atoms with Crippen LogP contribution < -0.4 is 5.32 Å². The molecule has 0 spiro atoms. The first-order chi connectivity index (χ1) is 11.6. The Balaban J connectivity index is 1.84. The zero-order valence-electron chi connectivity index (χ0n) is 12.4. The third kappa shape index (κ3) is 3.80. The molecular formula is C18H13ClINO3. The number of hydrogen-bond acceptors (Lipinski definition) is 3. The van der Waals surface area contributed by atoms with Crippen LogP contribution in [0.4, 0.5) is 5.69 Å². The summed E-state index contributed by atoms with van der Waals surface area (Å²) in [6, 6.07) is 16.1. The largest absolute Gasteiger partial charge is 0.459 e. The quantitative estimate of drug-likeness (QED) is 0.550. The number of rotatable bonds is 4. The molecule has 122 valence electrons. The van der Waals surface area contributed by atoms with Crippen LogP contribution in [-0.2, 0) is 6.61 Å². The molecule has 6 heteroatoms. The highest BCUT2D eigenvalue weighted by atomic mass is 127. The van der Waals surface area contributed by atoms with Gasteiger partial charge in [-0.25, -0.2) is 0 Å². The number of carbonyl (C=O) groups excluding carboxylic acids is 1. The minimum atomic E-state index is -0.272. The predicted molar refractivity (Wildman–Crippen MR) is 102 cm³/mol. The lowest BCUT2D eigenvalue weighted by atomic mass is 10.1. The van der Waals surface area contributed by atoms with Crippen molar-refractivity contribution in [2.75, 3.05) is 5.32 Å². The molecule has 0 fully saturated rings. The van der Waals surface area contributed by atoms with Gasteiger partial charge in [-0.05, 0) is 65.1 Å². The Morgan fingerprint density at radius 2 is 2.00 bits per heavy atom. The van der Waals surface area contributed by atoms with Crippen molar-refractivity contribution in [1.29, 1.82) is 0 Å². The second kappa shape index (κ2) is 7.38. The number of anilines is 1. The van der Waals surface area contributed by atoms with Gasteiger partial charge in [0.15, 0.2) is 0 Å². The summed E-state index contributed by atoms with van der Waals surface area (Å²) in [6.45, 7) is -0.151. The predicted octanol–water partition coefficient (Wildman–Crippen LogP) is 4.95. The average Bonchev–Trinajstić information content (AvgIpc) is 3.06. The van der Waals surface area contributed by atoms with E-state index in [-0.39, 0.29) is 12.5 Å². The summed E-state index contributed by atoms with van der Waals surface area (Å²) >= 11 is 8.23. The van der Waals surface area contributed by atoms with Crippen molar-refractivity contribution in [3.8, 4) is 11.3 Å². The fourth-order valence-corrected chi connectivity index (χ4v) is 2.93. The summed E-state index contributed by atoms with van der Waals surface area (Å²) in [5, 5.41) is 12.3. The average molecular weight is 454 g/mol. The lowest BCUT2D eigenvalue weighted by molar-refractivity contribution is 0.102. The number of hydrogen-bond donors (Lipinski definition) is 2. The molecule has 1 heterocycles. The van der Waals surface area contributed by atoms with Gasteiger partial charge in [-0.2, -0.15) is 0 Å². The van der Waals surface area contributed by atoms with E-state index in [0.717, 1.165) is 9.13 Å². The molecule has 0 aliphatic heterocycles. The van der Waals surface area contributed by atoms with E-state index in [9.17, 15) is 4.79 Å². The normalized spacial score (nSPS) is 10.6. The molecule has 4 nitrogen and oxygen atoms in total. The van der Waals surface area contributed by atoms with Crippen molar-refractivity contribution < 1.29 is 14.3 Å². The number of benzene rings is 2. The van der Waals surface area contributed by atoms with Crippen LogP contribution in [0.5, 0.6) is 0 Å². The number of aliphatic hydroxyl groups is 1. The van der Waals surface area contributed by atoms with E-state index in [1.807, 2.05) is 18.2 Å². The van der Waals surface area contributed by atoms with Gasteiger partial charge < -0.3 is 14.8 Å². The second-order valence-corrected chi connectivity index (χ2v) is 6.74. The van der Waals surface area contributed by atoms with Gasteiger partial charge in [0.1, 0.15) is 18.1 Å². The van der Waals surface area contributed by atoms with E-state index in [2.05, 4.69) is 27.9 Å². The van der Waals surface area contributed by atoms with Crippen molar-refractivity contribution in [2.24, 2.45) is 0 Å². The SMILES string of the molecule is O=C(Nc1cccc(-c2ccc(CO)o2)c1)c1cc(I)ccc1Cl. The van der Waals surface area contributed by atoms with Crippen molar-refractivity contribution >= 4 is 45.8 Å². The molecule has 3 aromatic rings. The number of nitrogens with one attached hydrogen (secondary N) is 1. The third-order valence-corrected chi connectivity index (χ3v) is 4.40. The zero-order chi connectivity index (χ0) is 17.1. The Labute approximate surface area is 157 Å². The Morgan fingerprint density at radius 1 is 1.17 bits per heavy atom. The lowest BCUT2D eigenvalue weighted by Crippen LogP contribution is -2.12. The molecule has 0 saturated carbocycles. The van der Waals surface area contributed by atoms with Gasteiger partial charge in [-0.1, -0.05) is 23.7 Å². The summed E-state index contributed by atoms with van der Waals surface area (Å²) in [5.41, 5.74) is 1.87. The monoisotopic (exact) mass is 453 g/mol. The Kier molecular flexibility index (Phi) is 5.23. The number of aliphatic hydroxyl groups excluding tert-OH is 1. The van der Waals surface area contributed by atoms with Gasteiger partial charge in [-0.15, -0.1) is 0 Å². The highest BCUT2D eigenvalue weighted by Crippen LogP contribution is 2.26. The molecule has 1 aromatic heterocycles. The topological polar surface area (TPSA) is 62.5 Å². The van der Waals surface area contributed by atoms with Crippen LogP contribution in [0.25, 0.3) is 11.3 Å². The number of furan rings is 1. The van der Waals surface area contributed by atoms with Gasteiger partial charge in [0.2, 0.25) is 0 Å². The first-order valence-corrected chi connectivity index (χ1v) is 8.59. The summed E-state index contributed by atoms with van der Waals surface area (Å²) < 4.78 is 6.45. The van der Waals surface area contributed by atoms with Crippen LogP contribution in [0.15, 0.2) is 59.0 Å². The van der Waals surface area contributed by atoms with Crippen molar-refractivity contribution in [3.63, 3.8) is 0 Å². The van der Waals surface area contributed by atoms with E-state index in [1.165, 1.54) is 0 Å². The molecular weight excluding hydrogens is 441 g/mol. The molecule has 3 rings (SSSR count). The van der Waals surface area contributed by atoms with Crippen LogP contribution in [0.2, 0.25) is 5.02 Å². The van der Waals surface area contributed by atoms with E-state index in [4.69, 9.17) is 21.1 Å². The van der Waals surface area contributed by atoms with Crippen LogP contribution in [0, 0.1) is 3.57 Å². The van der Waals surface area contributed by atoms with Crippen molar-refractivity contribution in [2.45, 2.75) is 6.61 Å². The van der Waals surface area contributed by atoms with Gasteiger partial charge in [0.25, 0.3) is 5.91 Å². The van der Waals surface area contributed by atoms with E-state index < -0.39 is 0 Å². The van der Waals surface area contributed by atoms with Crippen LogP contribution in [0.1, 0.15) is 16.1 Å². The minimum Gasteiger partial charge on any atom is -0.459 e. The van der Waals surface area contributed by atoms with Crippen LogP contribution in [-0.4, -0.2) is 11.0 Å². The third-order valence-electron chi connectivity index (χ3n) is 3.40. The number of halogens is 2. The summed E-state index contributed by atoms with van der Waals surface area (Å²) in [5.74, 6) is 0.846. The molecule has 24 heavy (non-hydrogen) atoms. The van der Waals surface area contributed by atoms with Crippen molar-refractivity contribution in [1.82, 2.24) is 0 Å². The number of carbonyl (C=O) groups is 1. The maximum atomic E-state index is 12.4. The summed E-state index contributed by atoms with van der Waals surface area (Å²) in [7, 11) is 0. The molecule has 0 radical (unpaired) electrons. The molecule has 0 atom stereocenters. The first kappa shape index (κ1) is 17.0. The molecule has 2 aromatic carbocycles. The molecule has 0 aliphatic rings. The second-order valence-electron chi connectivity index (χ2n) is 5.08. The molecule has 0 unspecified atom stereocenters. The highest BCUT2D eigenvalue weighted by Gasteiger charge is 2.12. The maximum Gasteiger partial charge on any atom is 0.257 e. The Morgan fingerprint density at radius 3 is 2.75 bits per heavy atom. The summed E-state index contributed by atoms with van der Waals surface area (Å²) in [6.07, 6.45) is 0. The minimum absolute atomic E-state index is 0.151. The Bertz CT molecular complexity index is 891. The maximum absolute atomic E-state index is 12.4. The van der Waals surface area contributed by atoms with Crippen molar-refractivity contribution in [3.05, 3.63) is 74.5 Å². The zero-order valence-corrected chi connectivity index (χ0v) is 15.3. The molecule has 1 amide bonds. The first-order valence-electron chi connectivity index (χ1n) is 7.13. The standard InChI is InChI=1S/C18H13ClINO3/c19-16-6-4-12(20)9-15(16)18(23)21-13-3-1-2-11(8-13)17-7-5-14(10-22)24-17/h1-9,22H,10H2,(H,21,23). The van der Waals surface area contributed by atoms with E-state index in [0.29, 0.717) is 27.8 Å².